The van der Waals surface area contributed by atoms with Gasteiger partial charge in [-0.05, 0) is 26.0 Å². The Kier molecular flexibility index (Phi) is 5.76. The quantitative estimate of drug-likeness (QED) is 0.812. The second kappa shape index (κ2) is 7.09. The number of hydrogen-bond donors (Lipinski definition) is 1. The smallest absolute Gasteiger partial charge is 0.258 e. The topological polar surface area (TPSA) is 64.8 Å². The number of hydrogen-bond acceptors (Lipinski definition) is 4. The van der Waals surface area contributed by atoms with Gasteiger partial charge in [-0.1, -0.05) is 18.3 Å². The van der Waals surface area contributed by atoms with Crippen LogP contribution in [0.5, 0.6) is 11.5 Å². The average molecular weight is 296 g/mol. The molecule has 0 saturated carbocycles. The van der Waals surface area contributed by atoms with Crippen LogP contribution in [0.1, 0.15) is 24.2 Å². The first-order chi connectivity index (χ1) is 9.42. The fourth-order valence-corrected chi connectivity index (χ4v) is 2.01. The molecule has 0 aromatic heterocycles. The Morgan fingerprint density at radius 3 is 2.45 bits per heavy atom. The van der Waals surface area contributed by atoms with E-state index in [9.17, 15) is 4.79 Å². The maximum atomic E-state index is 12.6. The summed E-state index contributed by atoms with van der Waals surface area (Å²) in [6.45, 7) is 4.04. The Morgan fingerprint density at radius 2 is 2.00 bits per heavy atom. The zero-order chi connectivity index (χ0) is 15.3. The normalized spacial score (nSPS) is 10.2. The van der Waals surface area contributed by atoms with Gasteiger partial charge in [0, 0.05) is 6.04 Å². The number of rotatable bonds is 6. The monoisotopic (exact) mass is 296 g/mol. The summed E-state index contributed by atoms with van der Waals surface area (Å²) in [4.78, 5) is 14.5. The predicted molar refractivity (Wildman–Crippen MR) is 82.5 cm³/mol. The number of thiocarbonyl (C=S) groups is 1. The third kappa shape index (κ3) is 3.60. The van der Waals surface area contributed by atoms with Crippen molar-refractivity contribution in [3.05, 3.63) is 23.8 Å². The summed E-state index contributed by atoms with van der Waals surface area (Å²) in [7, 11) is 3.03. The van der Waals surface area contributed by atoms with Gasteiger partial charge < -0.3 is 20.1 Å². The Morgan fingerprint density at radius 1 is 1.35 bits per heavy atom. The third-order valence-corrected chi connectivity index (χ3v) is 2.97. The van der Waals surface area contributed by atoms with Gasteiger partial charge in [-0.3, -0.25) is 4.79 Å². The number of carbonyl (C=O) groups excluding carboxylic acids is 1. The minimum atomic E-state index is -0.191. The highest BCUT2D eigenvalue weighted by molar-refractivity contribution is 7.80. The van der Waals surface area contributed by atoms with Crippen molar-refractivity contribution in [3.8, 4) is 11.5 Å². The van der Waals surface area contributed by atoms with Crippen LogP contribution >= 0.6 is 12.2 Å². The summed E-state index contributed by atoms with van der Waals surface area (Å²) in [5, 5.41) is 0. The minimum Gasteiger partial charge on any atom is -0.493 e. The van der Waals surface area contributed by atoms with Crippen LogP contribution in [-0.4, -0.2) is 42.6 Å². The Labute approximate surface area is 124 Å². The van der Waals surface area contributed by atoms with Crippen molar-refractivity contribution in [1.29, 1.82) is 0 Å². The standard InChI is InChI=1S/C14H20N2O3S/c1-9(2)16(8-12(15)20)14(17)10-6-5-7-11(18-3)13(10)19-4/h5-7,9H,8H2,1-4H3,(H2,15,20). The number of benzene rings is 1. The Hall–Kier alpha value is -1.82. The second-order valence-corrected chi connectivity index (χ2v) is 5.06. The first-order valence-electron chi connectivity index (χ1n) is 6.22. The molecule has 0 aliphatic carbocycles. The van der Waals surface area contributed by atoms with Crippen molar-refractivity contribution in [1.82, 2.24) is 4.90 Å². The van der Waals surface area contributed by atoms with Crippen LogP contribution in [-0.2, 0) is 0 Å². The summed E-state index contributed by atoms with van der Waals surface area (Å²) in [6, 6.07) is 5.15. The first-order valence-corrected chi connectivity index (χ1v) is 6.63. The highest BCUT2D eigenvalue weighted by Gasteiger charge is 2.24. The molecule has 6 heteroatoms. The molecule has 0 spiro atoms. The zero-order valence-corrected chi connectivity index (χ0v) is 13.0. The summed E-state index contributed by atoms with van der Waals surface area (Å²) in [5.41, 5.74) is 5.98. The lowest BCUT2D eigenvalue weighted by Gasteiger charge is -2.27. The van der Waals surface area contributed by atoms with Gasteiger partial charge in [-0.2, -0.15) is 0 Å². The molecule has 0 aliphatic rings. The lowest BCUT2D eigenvalue weighted by molar-refractivity contribution is 0.0732. The maximum absolute atomic E-state index is 12.6. The molecule has 5 nitrogen and oxygen atoms in total. The van der Waals surface area contributed by atoms with E-state index in [1.807, 2.05) is 13.8 Å². The van der Waals surface area contributed by atoms with E-state index in [4.69, 9.17) is 27.4 Å². The SMILES string of the molecule is COc1cccc(C(=O)N(CC(N)=S)C(C)C)c1OC. The van der Waals surface area contributed by atoms with Gasteiger partial charge in [0.15, 0.2) is 11.5 Å². The highest BCUT2D eigenvalue weighted by atomic mass is 32.1. The van der Waals surface area contributed by atoms with Crippen molar-refractivity contribution in [2.75, 3.05) is 20.8 Å². The van der Waals surface area contributed by atoms with Crippen LogP contribution < -0.4 is 15.2 Å². The number of nitrogens with zero attached hydrogens (tertiary/aromatic N) is 1. The van der Waals surface area contributed by atoms with Gasteiger partial charge in [0.25, 0.3) is 5.91 Å². The molecule has 1 rings (SSSR count). The fourth-order valence-electron chi connectivity index (χ4n) is 1.87. The summed E-state index contributed by atoms with van der Waals surface area (Å²) in [6.07, 6.45) is 0. The molecule has 0 atom stereocenters. The van der Waals surface area contributed by atoms with E-state index >= 15 is 0 Å². The number of amides is 1. The van der Waals surface area contributed by atoms with E-state index in [0.717, 1.165) is 0 Å². The van der Waals surface area contributed by atoms with Crippen molar-refractivity contribution in [2.45, 2.75) is 19.9 Å². The molecule has 0 aliphatic heterocycles. The number of methoxy groups -OCH3 is 2. The molecule has 0 unspecified atom stereocenters. The van der Waals surface area contributed by atoms with Crippen LogP contribution in [0, 0.1) is 0 Å². The summed E-state index contributed by atoms with van der Waals surface area (Å²) in [5.74, 6) is 0.731. The molecule has 0 saturated heterocycles. The molecule has 1 amide bonds. The Bertz CT molecular complexity index is 503. The molecule has 1 aromatic carbocycles. The van der Waals surface area contributed by atoms with E-state index in [1.54, 1.807) is 23.1 Å². The van der Waals surface area contributed by atoms with Crippen LogP contribution in [0.25, 0.3) is 0 Å². The number of ether oxygens (including phenoxy) is 2. The summed E-state index contributed by atoms with van der Waals surface area (Å²) < 4.78 is 10.5. The average Bonchev–Trinajstić information content (AvgIpc) is 2.42. The van der Waals surface area contributed by atoms with Gasteiger partial charge in [-0.25, -0.2) is 0 Å². The van der Waals surface area contributed by atoms with Crippen molar-refractivity contribution in [3.63, 3.8) is 0 Å². The lowest BCUT2D eigenvalue weighted by Crippen LogP contribution is -2.42. The number of nitrogens with two attached hydrogens (primary N) is 1. The van der Waals surface area contributed by atoms with Crippen LogP contribution in [0.15, 0.2) is 18.2 Å². The van der Waals surface area contributed by atoms with Crippen molar-refractivity contribution >= 4 is 23.1 Å². The van der Waals surface area contributed by atoms with E-state index in [2.05, 4.69) is 0 Å². The zero-order valence-electron chi connectivity index (χ0n) is 12.2. The molecule has 2 N–H and O–H groups in total. The van der Waals surface area contributed by atoms with Crippen LogP contribution in [0.2, 0.25) is 0 Å². The lowest BCUT2D eigenvalue weighted by atomic mass is 10.1. The highest BCUT2D eigenvalue weighted by Crippen LogP contribution is 2.31. The van der Waals surface area contributed by atoms with Gasteiger partial charge in [-0.15, -0.1) is 0 Å². The number of para-hydroxylation sites is 1. The maximum Gasteiger partial charge on any atom is 0.258 e. The van der Waals surface area contributed by atoms with Crippen LogP contribution in [0.3, 0.4) is 0 Å². The van der Waals surface area contributed by atoms with Gasteiger partial charge in [0.05, 0.1) is 31.3 Å². The first kappa shape index (κ1) is 16.2. The second-order valence-electron chi connectivity index (χ2n) is 4.53. The molecule has 20 heavy (non-hydrogen) atoms. The number of carbonyl (C=O) groups is 1. The van der Waals surface area contributed by atoms with Crippen molar-refractivity contribution < 1.29 is 14.3 Å². The minimum absolute atomic E-state index is 0.0279. The molecular formula is C14H20N2O3S. The van der Waals surface area contributed by atoms with E-state index in [0.29, 0.717) is 17.1 Å². The largest absolute Gasteiger partial charge is 0.493 e. The van der Waals surface area contributed by atoms with Gasteiger partial charge in [0.1, 0.15) is 0 Å². The third-order valence-electron chi connectivity index (χ3n) is 2.84. The van der Waals surface area contributed by atoms with E-state index < -0.39 is 0 Å². The molecule has 0 fully saturated rings. The van der Waals surface area contributed by atoms with E-state index in [-0.39, 0.29) is 23.5 Å². The summed E-state index contributed by atoms with van der Waals surface area (Å²) >= 11 is 4.90. The molecule has 0 bridgehead atoms. The van der Waals surface area contributed by atoms with Gasteiger partial charge in [0.2, 0.25) is 0 Å². The van der Waals surface area contributed by atoms with Gasteiger partial charge >= 0.3 is 0 Å². The van der Waals surface area contributed by atoms with Crippen LogP contribution in [0.4, 0.5) is 0 Å². The van der Waals surface area contributed by atoms with Crippen molar-refractivity contribution in [2.24, 2.45) is 5.73 Å². The fraction of sp³-hybridized carbons (Fsp3) is 0.429. The predicted octanol–water partition coefficient (Wildman–Crippen LogP) is 1.84. The Balaban J connectivity index is 3.21. The molecule has 110 valence electrons. The molecular weight excluding hydrogens is 276 g/mol. The van der Waals surface area contributed by atoms with E-state index in [1.165, 1.54) is 14.2 Å². The molecule has 0 heterocycles. The molecule has 0 radical (unpaired) electrons. The molecule has 1 aromatic rings.